The molecule has 7 nitrogen and oxygen atoms in total. The second kappa shape index (κ2) is 7.89. The number of rotatable bonds is 6. The SMILES string of the molecule is COc1ccc([C@@H](O)CNC(=O)Nc2nnc(C(C)C)s2)cc1. The fourth-order valence-corrected chi connectivity index (χ4v) is 2.53. The molecule has 1 aromatic heterocycles. The number of nitrogens with one attached hydrogen (secondary N) is 2. The van der Waals surface area contributed by atoms with E-state index in [-0.39, 0.29) is 12.5 Å². The van der Waals surface area contributed by atoms with Crippen LogP contribution in [0.2, 0.25) is 0 Å². The van der Waals surface area contributed by atoms with Crippen molar-refractivity contribution >= 4 is 22.5 Å². The van der Waals surface area contributed by atoms with Crippen molar-refractivity contribution in [2.45, 2.75) is 25.9 Å². The van der Waals surface area contributed by atoms with Gasteiger partial charge in [-0.15, -0.1) is 10.2 Å². The van der Waals surface area contributed by atoms with Gasteiger partial charge in [0.2, 0.25) is 5.13 Å². The number of urea groups is 1. The van der Waals surface area contributed by atoms with Gasteiger partial charge in [-0.25, -0.2) is 4.79 Å². The zero-order valence-corrected chi connectivity index (χ0v) is 14.1. The normalized spacial score (nSPS) is 12.0. The Morgan fingerprint density at radius 1 is 1.30 bits per heavy atom. The Hall–Kier alpha value is -2.19. The van der Waals surface area contributed by atoms with Crippen LogP contribution < -0.4 is 15.4 Å². The quantitative estimate of drug-likeness (QED) is 0.753. The van der Waals surface area contributed by atoms with Crippen molar-refractivity contribution in [1.82, 2.24) is 15.5 Å². The Morgan fingerprint density at radius 3 is 2.57 bits per heavy atom. The minimum Gasteiger partial charge on any atom is -0.497 e. The van der Waals surface area contributed by atoms with Crippen molar-refractivity contribution in [1.29, 1.82) is 0 Å². The van der Waals surface area contributed by atoms with Crippen LogP contribution in [0.25, 0.3) is 0 Å². The molecule has 23 heavy (non-hydrogen) atoms. The summed E-state index contributed by atoms with van der Waals surface area (Å²) in [6.45, 7) is 4.11. The first-order valence-electron chi connectivity index (χ1n) is 7.20. The largest absolute Gasteiger partial charge is 0.497 e. The van der Waals surface area contributed by atoms with E-state index in [1.165, 1.54) is 11.3 Å². The van der Waals surface area contributed by atoms with Gasteiger partial charge in [0, 0.05) is 12.5 Å². The van der Waals surface area contributed by atoms with Gasteiger partial charge in [0.15, 0.2) is 0 Å². The maximum atomic E-state index is 11.8. The number of aromatic nitrogens is 2. The van der Waals surface area contributed by atoms with Crippen molar-refractivity contribution in [2.75, 3.05) is 19.0 Å². The molecule has 0 aliphatic carbocycles. The summed E-state index contributed by atoms with van der Waals surface area (Å²) in [4.78, 5) is 11.8. The highest BCUT2D eigenvalue weighted by molar-refractivity contribution is 7.15. The third-order valence-electron chi connectivity index (χ3n) is 3.11. The summed E-state index contributed by atoms with van der Waals surface area (Å²) in [6.07, 6.45) is -0.799. The lowest BCUT2D eigenvalue weighted by Gasteiger charge is -2.12. The van der Waals surface area contributed by atoms with Crippen LogP contribution in [0.15, 0.2) is 24.3 Å². The lowest BCUT2D eigenvalue weighted by Crippen LogP contribution is -2.32. The fourth-order valence-electron chi connectivity index (χ4n) is 1.79. The highest BCUT2D eigenvalue weighted by Crippen LogP contribution is 2.22. The number of hydrogen-bond donors (Lipinski definition) is 3. The van der Waals surface area contributed by atoms with Crippen LogP contribution in [0.3, 0.4) is 0 Å². The zero-order valence-electron chi connectivity index (χ0n) is 13.2. The molecule has 1 atom stereocenters. The molecule has 0 aliphatic heterocycles. The van der Waals surface area contributed by atoms with Crippen LogP contribution in [0.1, 0.15) is 36.4 Å². The lowest BCUT2D eigenvalue weighted by molar-refractivity contribution is 0.175. The molecule has 0 aliphatic rings. The van der Waals surface area contributed by atoms with Gasteiger partial charge >= 0.3 is 6.03 Å². The molecule has 0 saturated heterocycles. The second-order valence-electron chi connectivity index (χ2n) is 5.22. The summed E-state index contributed by atoms with van der Waals surface area (Å²) in [5.74, 6) is 0.979. The summed E-state index contributed by atoms with van der Waals surface area (Å²) in [6, 6.07) is 6.59. The molecule has 0 bridgehead atoms. The molecule has 0 spiro atoms. The molecular formula is C15H20N4O3S. The molecule has 0 radical (unpaired) electrons. The summed E-state index contributed by atoms with van der Waals surface area (Å²) in [7, 11) is 1.58. The van der Waals surface area contributed by atoms with Gasteiger partial charge in [-0.1, -0.05) is 37.3 Å². The monoisotopic (exact) mass is 336 g/mol. The number of aliphatic hydroxyl groups is 1. The molecular weight excluding hydrogens is 316 g/mol. The highest BCUT2D eigenvalue weighted by Gasteiger charge is 2.12. The van der Waals surface area contributed by atoms with Gasteiger partial charge < -0.3 is 15.2 Å². The van der Waals surface area contributed by atoms with Crippen LogP contribution >= 0.6 is 11.3 Å². The molecule has 1 heterocycles. The summed E-state index contributed by atoms with van der Waals surface area (Å²) in [5, 5.41) is 24.5. The summed E-state index contributed by atoms with van der Waals surface area (Å²) in [5.41, 5.74) is 0.698. The molecule has 2 rings (SSSR count). The zero-order chi connectivity index (χ0) is 16.8. The maximum absolute atomic E-state index is 11.8. The van der Waals surface area contributed by atoms with Crippen molar-refractivity contribution in [3.8, 4) is 5.75 Å². The van der Waals surface area contributed by atoms with E-state index in [9.17, 15) is 9.90 Å². The topological polar surface area (TPSA) is 96.4 Å². The first-order chi connectivity index (χ1) is 11.0. The summed E-state index contributed by atoms with van der Waals surface area (Å²) >= 11 is 1.33. The molecule has 0 saturated carbocycles. The van der Waals surface area contributed by atoms with Crippen LogP contribution in [-0.2, 0) is 0 Å². The molecule has 0 unspecified atom stereocenters. The van der Waals surface area contributed by atoms with E-state index in [4.69, 9.17) is 4.74 Å². The van der Waals surface area contributed by atoms with Crippen molar-refractivity contribution < 1.29 is 14.6 Å². The second-order valence-corrected chi connectivity index (χ2v) is 6.23. The van der Waals surface area contributed by atoms with E-state index in [2.05, 4.69) is 20.8 Å². The van der Waals surface area contributed by atoms with E-state index < -0.39 is 12.1 Å². The molecule has 0 fully saturated rings. The molecule has 1 aromatic carbocycles. The molecule has 2 amide bonds. The van der Waals surface area contributed by atoms with Crippen LogP contribution in [0, 0.1) is 0 Å². The number of aliphatic hydroxyl groups excluding tert-OH is 1. The smallest absolute Gasteiger partial charge is 0.321 e. The number of benzene rings is 1. The Labute approximate surface area is 138 Å². The Morgan fingerprint density at radius 2 is 2.00 bits per heavy atom. The van der Waals surface area contributed by atoms with Crippen LogP contribution in [-0.4, -0.2) is 35.0 Å². The number of ether oxygens (including phenoxy) is 1. The minimum absolute atomic E-state index is 0.0913. The average Bonchev–Trinajstić information content (AvgIpc) is 3.01. The third kappa shape index (κ3) is 4.90. The van der Waals surface area contributed by atoms with Gasteiger partial charge in [0.25, 0.3) is 0 Å². The predicted octanol–water partition coefficient (Wildman–Crippen LogP) is 2.53. The van der Waals surface area contributed by atoms with Gasteiger partial charge in [0.05, 0.1) is 13.2 Å². The number of methoxy groups -OCH3 is 1. The van der Waals surface area contributed by atoms with E-state index >= 15 is 0 Å². The number of amides is 2. The number of nitrogens with zero attached hydrogens (tertiary/aromatic N) is 2. The number of hydrogen-bond acceptors (Lipinski definition) is 6. The predicted molar refractivity (Wildman–Crippen MR) is 89.0 cm³/mol. The highest BCUT2D eigenvalue weighted by atomic mass is 32.1. The first kappa shape index (κ1) is 17.2. The van der Waals surface area contributed by atoms with Crippen molar-refractivity contribution in [2.24, 2.45) is 0 Å². The van der Waals surface area contributed by atoms with Crippen LogP contribution in [0.5, 0.6) is 5.75 Å². The van der Waals surface area contributed by atoms with Crippen LogP contribution in [0.4, 0.5) is 9.93 Å². The van der Waals surface area contributed by atoms with Crippen molar-refractivity contribution in [3.63, 3.8) is 0 Å². The van der Waals surface area contributed by atoms with Gasteiger partial charge in [-0.05, 0) is 17.7 Å². The number of carbonyl (C=O) groups excluding carboxylic acids is 1. The van der Waals surface area contributed by atoms with E-state index in [0.717, 1.165) is 5.01 Å². The first-order valence-corrected chi connectivity index (χ1v) is 8.01. The number of carbonyl (C=O) groups is 1. The molecule has 2 aromatic rings. The summed E-state index contributed by atoms with van der Waals surface area (Å²) < 4.78 is 5.06. The average molecular weight is 336 g/mol. The van der Waals surface area contributed by atoms with Gasteiger partial charge in [-0.3, -0.25) is 5.32 Å². The van der Waals surface area contributed by atoms with Gasteiger partial charge in [0.1, 0.15) is 10.8 Å². The van der Waals surface area contributed by atoms with Crippen molar-refractivity contribution in [3.05, 3.63) is 34.8 Å². The third-order valence-corrected chi connectivity index (χ3v) is 4.25. The molecule has 8 heteroatoms. The van der Waals surface area contributed by atoms with E-state index in [1.807, 2.05) is 13.8 Å². The minimum atomic E-state index is -0.799. The lowest BCUT2D eigenvalue weighted by atomic mass is 10.1. The fraction of sp³-hybridized carbons (Fsp3) is 0.400. The number of anilines is 1. The Kier molecular flexibility index (Phi) is 5.89. The van der Waals surface area contributed by atoms with E-state index in [1.54, 1.807) is 31.4 Å². The Bertz CT molecular complexity index is 642. The van der Waals surface area contributed by atoms with Gasteiger partial charge in [-0.2, -0.15) is 0 Å². The molecule has 3 N–H and O–H groups in total. The maximum Gasteiger partial charge on any atom is 0.321 e. The van der Waals surface area contributed by atoms with E-state index in [0.29, 0.717) is 16.4 Å². The molecule has 124 valence electrons. The Balaban J connectivity index is 1.82. The standard InChI is InChI=1S/C15H20N4O3S/c1-9(2)13-18-19-15(23-13)17-14(21)16-8-12(20)10-4-6-11(22-3)7-5-10/h4-7,9,12,20H,8H2,1-3H3,(H2,16,17,19,21)/t12-/m0/s1.